The van der Waals surface area contributed by atoms with Crippen LogP contribution in [0, 0.1) is 5.82 Å². The zero-order valence-corrected chi connectivity index (χ0v) is 10.2. The molecule has 0 radical (unpaired) electrons. The van der Waals surface area contributed by atoms with Crippen LogP contribution in [0.3, 0.4) is 0 Å². The molecule has 1 aromatic rings. The molecule has 1 N–H and O–H groups in total. The van der Waals surface area contributed by atoms with E-state index in [4.69, 9.17) is 16.3 Å². The number of rotatable bonds is 7. The van der Waals surface area contributed by atoms with E-state index >= 15 is 0 Å². The Hall–Kier alpha value is -0.640. The average molecular weight is 246 g/mol. The topological polar surface area (TPSA) is 21.3 Å². The Kier molecular flexibility index (Phi) is 6.38. The van der Waals surface area contributed by atoms with E-state index in [1.54, 1.807) is 6.07 Å². The maximum Gasteiger partial charge on any atom is 0.123 e. The van der Waals surface area contributed by atoms with Gasteiger partial charge in [-0.25, -0.2) is 4.39 Å². The second kappa shape index (κ2) is 7.60. The van der Waals surface area contributed by atoms with Crippen molar-refractivity contribution < 1.29 is 9.13 Å². The molecule has 0 aromatic heterocycles. The van der Waals surface area contributed by atoms with Crippen LogP contribution in [0.5, 0.6) is 0 Å². The molecule has 0 atom stereocenters. The molecule has 0 bridgehead atoms. The van der Waals surface area contributed by atoms with Gasteiger partial charge < -0.3 is 10.1 Å². The van der Waals surface area contributed by atoms with Crippen molar-refractivity contribution in [2.24, 2.45) is 0 Å². The van der Waals surface area contributed by atoms with Gasteiger partial charge in [0.05, 0.1) is 0 Å². The van der Waals surface area contributed by atoms with E-state index < -0.39 is 0 Å². The predicted molar refractivity (Wildman–Crippen MR) is 64.2 cm³/mol. The van der Waals surface area contributed by atoms with Crippen LogP contribution in [0.1, 0.15) is 18.9 Å². The Morgan fingerprint density at radius 2 is 2.25 bits per heavy atom. The monoisotopic (exact) mass is 245 g/mol. The summed E-state index contributed by atoms with van der Waals surface area (Å²) >= 11 is 5.93. The van der Waals surface area contributed by atoms with E-state index in [0.717, 1.165) is 31.7 Å². The lowest BCUT2D eigenvalue weighted by atomic mass is 10.2. The average Bonchev–Trinajstić information content (AvgIpc) is 2.28. The molecule has 0 fully saturated rings. The third-order valence-corrected chi connectivity index (χ3v) is 2.54. The van der Waals surface area contributed by atoms with Crippen molar-refractivity contribution in [3.8, 4) is 0 Å². The van der Waals surface area contributed by atoms with Crippen molar-refractivity contribution in [1.29, 1.82) is 0 Å². The molecule has 0 unspecified atom stereocenters. The third kappa shape index (κ3) is 4.92. The molecule has 2 nitrogen and oxygen atoms in total. The minimum atomic E-state index is -0.254. The lowest BCUT2D eigenvalue weighted by Gasteiger charge is -2.07. The van der Waals surface area contributed by atoms with Gasteiger partial charge in [0, 0.05) is 24.8 Å². The second-order valence-electron chi connectivity index (χ2n) is 3.46. The summed E-state index contributed by atoms with van der Waals surface area (Å²) in [7, 11) is 0. The van der Waals surface area contributed by atoms with Crippen molar-refractivity contribution >= 4 is 11.6 Å². The Labute approximate surface area is 101 Å². The predicted octanol–water partition coefficient (Wildman–Crippen LogP) is 3.00. The minimum Gasteiger partial charge on any atom is -0.382 e. The molecule has 0 aliphatic heterocycles. The van der Waals surface area contributed by atoms with Gasteiger partial charge in [-0.3, -0.25) is 0 Å². The number of benzene rings is 1. The van der Waals surface area contributed by atoms with Crippen molar-refractivity contribution in [2.45, 2.75) is 19.9 Å². The summed E-state index contributed by atoms with van der Waals surface area (Å²) in [5.41, 5.74) is 0.790. The summed E-state index contributed by atoms with van der Waals surface area (Å²) in [5, 5.41) is 3.79. The fourth-order valence-electron chi connectivity index (χ4n) is 1.35. The standard InChI is InChI=1S/C12H17ClFNO/c1-2-16-7-3-6-15-9-10-8-11(14)4-5-12(10)13/h4-5,8,15H,2-3,6-7,9H2,1H3. The molecule has 4 heteroatoms. The molecule has 0 spiro atoms. The van der Waals surface area contributed by atoms with E-state index in [-0.39, 0.29) is 5.82 Å². The summed E-state index contributed by atoms with van der Waals surface area (Å²) in [6.07, 6.45) is 0.945. The Morgan fingerprint density at radius 1 is 1.44 bits per heavy atom. The van der Waals surface area contributed by atoms with Gasteiger partial charge >= 0.3 is 0 Å². The van der Waals surface area contributed by atoms with Crippen LogP contribution in [0.15, 0.2) is 18.2 Å². The summed E-state index contributed by atoms with van der Waals surface area (Å²) in [5.74, 6) is -0.254. The first-order valence-corrected chi connectivity index (χ1v) is 5.84. The smallest absolute Gasteiger partial charge is 0.123 e. The van der Waals surface area contributed by atoms with Gasteiger partial charge in [-0.2, -0.15) is 0 Å². The molecule has 0 saturated heterocycles. The summed E-state index contributed by atoms with van der Waals surface area (Å²) < 4.78 is 18.1. The molecule has 0 aliphatic rings. The van der Waals surface area contributed by atoms with Gasteiger partial charge in [-0.05, 0) is 43.7 Å². The number of hydrogen-bond acceptors (Lipinski definition) is 2. The van der Waals surface area contributed by atoms with Crippen LogP contribution in [0.2, 0.25) is 5.02 Å². The zero-order chi connectivity index (χ0) is 11.8. The lowest BCUT2D eigenvalue weighted by Crippen LogP contribution is -2.16. The quantitative estimate of drug-likeness (QED) is 0.746. The summed E-state index contributed by atoms with van der Waals surface area (Å²) in [4.78, 5) is 0. The molecule has 90 valence electrons. The van der Waals surface area contributed by atoms with Crippen LogP contribution in [0.4, 0.5) is 4.39 Å². The molecule has 1 rings (SSSR count). The Bertz CT molecular complexity index is 320. The summed E-state index contributed by atoms with van der Waals surface area (Å²) in [6, 6.07) is 4.40. The van der Waals surface area contributed by atoms with Gasteiger partial charge in [0.2, 0.25) is 0 Å². The fraction of sp³-hybridized carbons (Fsp3) is 0.500. The first-order valence-electron chi connectivity index (χ1n) is 5.46. The van der Waals surface area contributed by atoms with E-state index in [2.05, 4.69) is 5.32 Å². The molecule has 0 heterocycles. The fourth-order valence-corrected chi connectivity index (χ4v) is 1.53. The molecular formula is C12H17ClFNO. The largest absolute Gasteiger partial charge is 0.382 e. The van der Waals surface area contributed by atoms with Crippen LogP contribution >= 0.6 is 11.6 Å². The summed E-state index contributed by atoms with van der Waals surface area (Å²) in [6.45, 7) is 4.89. The molecule has 0 aliphatic carbocycles. The number of hydrogen-bond donors (Lipinski definition) is 1. The first kappa shape index (κ1) is 13.4. The van der Waals surface area contributed by atoms with Gasteiger partial charge in [0.1, 0.15) is 5.82 Å². The molecule has 1 aromatic carbocycles. The van der Waals surface area contributed by atoms with Crippen molar-refractivity contribution in [1.82, 2.24) is 5.32 Å². The Balaban J connectivity index is 2.23. The van der Waals surface area contributed by atoms with Gasteiger partial charge in [0.15, 0.2) is 0 Å². The van der Waals surface area contributed by atoms with E-state index in [0.29, 0.717) is 11.6 Å². The van der Waals surface area contributed by atoms with Crippen molar-refractivity contribution in [3.63, 3.8) is 0 Å². The highest BCUT2D eigenvalue weighted by Crippen LogP contribution is 2.16. The number of ether oxygens (including phenoxy) is 1. The first-order chi connectivity index (χ1) is 7.74. The molecule has 0 saturated carbocycles. The maximum absolute atomic E-state index is 12.9. The normalized spacial score (nSPS) is 10.7. The van der Waals surface area contributed by atoms with Gasteiger partial charge in [-0.1, -0.05) is 11.6 Å². The van der Waals surface area contributed by atoms with Crippen LogP contribution < -0.4 is 5.32 Å². The maximum atomic E-state index is 12.9. The van der Waals surface area contributed by atoms with Gasteiger partial charge in [0.25, 0.3) is 0 Å². The van der Waals surface area contributed by atoms with Crippen LogP contribution in [0.25, 0.3) is 0 Å². The van der Waals surface area contributed by atoms with Crippen molar-refractivity contribution in [2.75, 3.05) is 19.8 Å². The van der Waals surface area contributed by atoms with E-state index in [9.17, 15) is 4.39 Å². The second-order valence-corrected chi connectivity index (χ2v) is 3.87. The number of halogens is 2. The highest BCUT2D eigenvalue weighted by atomic mass is 35.5. The van der Waals surface area contributed by atoms with Crippen LogP contribution in [-0.2, 0) is 11.3 Å². The lowest BCUT2D eigenvalue weighted by molar-refractivity contribution is 0.144. The highest BCUT2D eigenvalue weighted by Gasteiger charge is 2.01. The molecule has 0 amide bonds. The van der Waals surface area contributed by atoms with E-state index in [1.165, 1.54) is 12.1 Å². The van der Waals surface area contributed by atoms with Gasteiger partial charge in [-0.15, -0.1) is 0 Å². The molecule has 16 heavy (non-hydrogen) atoms. The molecular weight excluding hydrogens is 229 g/mol. The highest BCUT2D eigenvalue weighted by molar-refractivity contribution is 6.31. The van der Waals surface area contributed by atoms with Crippen LogP contribution in [-0.4, -0.2) is 19.8 Å². The zero-order valence-electron chi connectivity index (χ0n) is 9.43. The Morgan fingerprint density at radius 3 is 3.00 bits per heavy atom. The van der Waals surface area contributed by atoms with Crippen molar-refractivity contribution in [3.05, 3.63) is 34.6 Å². The third-order valence-electron chi connectivity index (χ3n) is 2.17. The minimum absolute atomic E-state index is 0.254. The number of nitrogens with one attached hydrogen (secondary N) is 1. The SMILES string of the molecule is CCOCCCNCc1cc(F)ccc1Cl. The van der Waals surface area contributed by atoms with E-state index in [1.807, 2.05) is 6.92 Å².